The molecule has 0 amide bonds. The number of aromatic hydroxyl groups is 1. The van der Waals surface area contributed by atoms with Crippen LogP contribution in [0.1, 0.15) is 17.2 Å². The highest BCUT2D eigenvalue weighted by Gasteiger charge is 2.18. The van der Waals surface area contributed by atoms with Crippen molar-refractivity contribution in [3.63, 3.8) is 0 Å². The molecule has 0 fully saturated rings. The maximum atomic E-state index is 10.1. The number of rotatable bonds is 4. The molecule has 0 aliphatic rings. The second-order valence-corrected chi connectivity index (χ2v) is 3.84. The summed E-state index contributed by atoms with van der Waals surface area (Å²) in [6.45, 7) is 0. The van der Waals surface area contributed by atoms with Crippen molar-refractivity contribution in [2.24, 2.45) is 5.11 Å². The Morgan fingerprint density at radius 1 is 1.11 bits per heavy atom. The third kappa shape index (κ3) is 2.18. The van der Waals surface area contributed by atoms with Crippen molar-refractivity contribution in [1.82, 2.24) is 0 Å². The molecule has 4 heteroatoms. The second kappa shape index (κ2) is 5.31. The summed E-state index contributed by atoms with van der Waals surface area (Å²) >= 11 is 0. The number of benzene rings is 2. The molecule has 0 saturated heterocycles. The lowest BCUT2D eigenvalue weighted by atomic mass is 9.98. The molecular weight excluding hydrogens is 228 g/mol. The Hall–Kier alpha value is -2.36. The van der Waals surface area contributed by atoms with Crippen molar-refractivity contribution in [2.45, 2.75) is 6.04 Å². The Kier molecular flexibility index (Phi) is 3.57. The van der Waals surface area contributed by atoms with Gasteiger partial charge >= 0.3 is 0 Å². The Labute approximate surface area is 105 Å². The number of hydrogen-bond acceptors (Lipinski definition) is 4. The summed E-state index contributed by atoms with van der Waals surface area (Å²) in [4.78, 5) is 0. The van der Waals surface area contributed by atoms with Crippen molar-refractivity contribution in [3.05, 3.63) is 59.7 Å². The largest absolute Gasteiger partial charge is 0.504 e. The Morgan fingerprint density at radius 2 is 1.83 bits per heavy atom. The summed E-state index contributed by atoms with van der Waals surface area (Å²) in [5, 5.41) is 13.7. The molecule has 0 spiro atoms. The van der Waals surface area contributed by atoms with E-state index in [1.165, 1.54) is 7.11 Å². The van der Waals surface area contributed by atoms with Crippen LogP contribution in [0.4, 0.5) is 0 Å². The monoisotopic (exact) mass is 242 g/mol. The second-order valence-electron chi connectivity index (χ2n) is 3.84. The van der Waals surface area contributed by atoms with Crippen molar-refractivity contribution in [1.29, 1.82) is 5.53 Å². The lowest BCUT2D eigenvalue weighted by Crippen LogP contribution is -1.98. The van der Waals surface area contributed by atoms with Crippen LogP contribution in [0.3, 0.4) is 0 Å². The van der Waals surface area contributed by atoms with Crippen LogP contribution in [0.5, 0.6) is 11.5 Å². The standard InChI is InChI=1S/C14H14N2O2/c1-18-12-9-5-8-11(14(12)17)13(16-15)10-6-3-2-4-7-10/h2-9,13,15,17H,1H3. The number of ether oxygens (including phenoxy) is 1. The van der Waals surface area contributed by atoms with Gasteiger partial charge in [0.15, 0.2) is 11.5 Å². The van der Waals surface area contributed by atoms with Gasteiger partial charge in [-0.25, -0.2) is 5.53 Å². The van der Waals surface area contributed by atoms with E-state index in [-0.39, 0.29) is 5.75 Å². The van der Waals surface area contributed by atoms with Crippen LogP contribution < -0.4 is 4.74 Å². The van der Waals surface area contributed by atoms with Gasteiger partial charge in [0.05, 0.1) is 7.11 Å². The first-order valence-corrected chi connectivity index (χ1v) is 5.55. The SMILES string of the molecule is COc1cccc(C(N=N)c2ccccc2)c1O. The van der Waals surface area contributed by atoms with E-state index in [1.807, 2.05) is 30.3 Å². The molecule has 0 aliphatic carbocycles. The van der Waals surface area contributed by atoms with Crippen LogP contribution in [0.25, 0.3) is 0 Å². The minimum Gasteiger partial charge on any atom is -0.504 e. The number of para-hydroxylation sites is 1. The summed E-state index contributed by atoms with van der Waals surface area (Å²) in [7, 11) is 1.49. The Bertz CT molecular complexity index is 541. The van der Waals surface area contributed by atoms with Gasteiger partial charge in [0.1, 0.15) is 6.04 Å². The van der Waals surface area contributed by atoms with E-state index in [0.717, 1.165) is 5.56 Å². The number of phenols is 1. The molecule has 2 N–H and O–H groups in total. The van der Waals surface area contributed by atoms with Gasteiger partial charge in [-0.15, -0.1) is 0 Å². The van der Waals surface area contributed by atoms with Crippen LogP contribution in [0.2, 0.25) is 0 Å². The first kappa shape index (κ1) is 12.1. The molecule has 2 aromatic rings. The van der Waals surface area contributed by atoms with E-state index in [4.69, 9.17) is 10.3 Å². The first-order valence-electron chi connectivity index (χ1n) is 5.55. The number of nitrogens with one attached hydrogen (secondary N) is 1. The molecule has 1 unspecified atom stereocenters. The molecule has 4 nitrogen and oxygen atoms in total. The molecular formula is C14H14N2O2. The lowest BCUT2D eigenvalue weighted by molar-refractivity contribution is 0.369. The smallest absolute Gasteiger partial charge is 0.163 e. The first-order chi connectivity index (χ1) is 8.77. The number of phenolic OH excluding ortho intramolecular Hbond substituents is 1. The van der Waals surface area contributed by atoms with Crippen molar-refractivity contribution >= 4 is 0 Å². The van der Waals surface area contributed by atoms with Gasteiger partial charge in [-0.2, -0.15) is 5.11 Å². The van der Waals surface area contributed by atoms with Crippen LogP contribution >= 0.6 is 0 Å². The molecule has 0 radical (unpaired) electrons. The predicted molar refractivity (Wildman–Crippen MR) is 68.1 cm³/mol. The summed E-state index contributed by atoms with van der Waals surface area (Å²) < 4.78 is 5.06. The fourth-order valence-electron chi connectivity index (χ4n) is 1.88. The molecule has 0 aliphatic heterocycles. The minimum absolute atomic E-state index is 0.0323. The molecule has 2 aromatic carbocycles. The van der Waals surface area contributed by atoms with Gasteiger partial charge in [0.2, 0.25) is 0 Å². The fourth-order valence-corrected chi connectivity index (χ4v) is 1.88. The highest BCUT2D eigenvalue weighted by atomic mass is 16.5. The summed E-state index contributed by atoms with van der Waals surface area (Å²) in [5.74, 6) is 0.418. The summed E-state index contributed by atoms with van der Waals surface area (Å²) in [6.07, 6.45) is 0. The highest BCUT2D eigenvalue weighted by Crippen LogP contribution is 2.37. The molecule has 92 valence electrons. The maximum Gasteiger partial charge on any atom is 0.163 e. The van der Waals surface area contributed by atoms with E-state index in [9.17, 15) is 5.11 Å². The van der Waals surface area contributed by atoms with Gasteiger partial charge in [-0.3, -0.25) is 0 Å². The maximum absolute atomic E-state index is 10.1. The highest BCUT2D eigenvalue weighted by molar-refractivity contribution is 5.49. The van der Waals surface area contributed by atoms with Crippen LogP contribution in [-0.4, -0.2) is 12.2 Å². The van der Waals surface area contributed by atoms with Crippen LogP contribution in [0.15, 0.2) is 53.6 Å². The van der Waals surface area contributed by atoms with Gasteiger partial charge in [0, 0.05) is 5.56 Å². The fraction of sp³-hybridized carbons (Fsp3) is 0.143. The van der Waals surface area contributed by atoms with Crippen molar-refractivity contribution < 1.29 is 9.84 Å². The molecule has 2 rings (SSSR count). The average molecular weight is 242 g/mol. The average Bonchev–Trinajstić information content (AvgIpc) is 2.43. The molecule has 0 bridgehead atoms. The van der Waals surface area contributed by atoms with E-state index >= 15 is 0 Å². The third-order valence-corrected chi connectivity index (χ3v) is 2.79. The summed E-state index contributed by atoms with van der Waals surface area (Å²) in [6, 6.07) is 14.1. The Morgan fingerprint density at radius 3 is 2.44 bits per heavy atom. The minimum atomic E-state index is -0.513. The normalized spacial score (nSPS) is 11.8. The van der Waals surface area contributed by atoms with Gasteiger partial charge in [-0.1, -0.05) is 42.5 Å². The zero-order chi connectivity index (χ0) is 13.0. The van der Waals surface area contributed by atoms with Crippen molar-refractivity contribution in [2.75, 3.05) is 7.11 Å². The predicted octanol–water partition coefficient (Wildman–Crippen LogP) is 3.52. The number of hydrogen-bond donors (Lipinski definition) is 2. The topological polar surface area (TPSA) is 65.7 Å². The van der Waals surface area contributed by atoms with Crippen molar-refractivity contribution in [3.8, 4) is 11.5 Å². The summed E-state index contributed by atoms with van der Waals surface area (Å²) in [5.41, 5.74) is 8.75. The van der Waals surface area contributed by atoms with E-state index in [2.05, 4.69) is 5.11 Å². The Balaban J connectivity index is 2.49. The third-order valence-electron chi connectivity index (χ3n) is 2.79. The van der Waals surface area contributed by atoms with Gasteiger partial charge in [0.25, 0.3) is 0 Å². The van der Waals surface area contributed by atoms with Gasteiger partial charge < -0.3 is 9.84 Å². The van der Waals surface area contributed by atoms with E-state index in [1.54, 1.807) is 18.2 Å². The van der Waals surface area contributed by atoms with Crippen LogP contribution in [-0.2, 0) is 0 Å². The van der Waals surface area contributed by atoms with E-state index < -0.39 is 6.04 Å². The van der Waals surface area contributed by atoms with Gasteiger partial charge in [-0.05, 0) is 11.6 Å². The molecule has 18 heavy (non-hydrogen) atoms. The molecule has 0 heterocycles. The van der Waals surface area contributed by atoms with Crippen LogP contribution in [0, 0.1) is 5.53 Å². The quantitative estimate of drug-likeness (QED) is 0.805. The molecule has 0 aromatic heterocycles. The molecule has 0 saturated carbocycles. The zero-order valence-corrected chi connectivity index (χ0v) is 10.00. The number of methoxy groups -OCH3 is 1. The van der Waals surface area contributed by atoms with E-state index in [0.29, 0.717) is 11.3 Å². The lowest BCUT2D eigenvalue weighted by Gasteiger charge is -2.14. The molecule has 1 atom stereocenters. The zero-order valence-electron chi connectivity index (χ0n) is 10.00. The number of nitrogens with zero attached hydrogens (tertiary/aromatic N) is 1.